The van der Waals surface area contributed by atoms with Crippen molar-refractivity contribution in [2.75, 3.05) is 11.9 Å². The molecule has 6 nitrogen and oxygen atoms in total. The maximum atomic E-state index is 12.1. The summed E-state index contributed by atoms with van der Waals surface area (Å²) in [5.74, 6) is -0.945. The van der Waals surface area contributed by atoms with Gasteiger partial charge in [0.05, 0.1) is 12.0 Å². The summed E-state index contributed by atoms with van der Waals surface area (Å²) < 4.78 is 5.06. The van der Waals surface area contributed by atoms with Crippen LogP contribution in [0.25, 0.3) is 0 Å². The Labute approximate surface area is 185 Å². The van der Waals surface area contributed by atoms with Gasteiger partial charge in [-0.05, 0) is 28.8 Å². The molecule has 0 heterocycles. The number of ether oxygens (including phenoxy) is 1. The van der Waals surface area contributed by atoms with Crippen molar-refractivity contribution in [1.29, 1.82) is 5.26 Å². The van der Waals surface area contributed by atoms with Gasteiger partial charge in [0, 0.05) is 10.7 Å². The van der Waals surface area contributed by atoms with Gasteiger partial charge < -0.3 is 15.4 Å². The van der Waals surface area contributed by atoms with Crippen molar-refractivity contribution >= 4 is 29.3 Å². The first-order valence-corrected chi connectivity index (χ1v) is 9.93. The quantitative estimate of drug-likeness (QED) is 0.556. The van der Waals surface area contributed by atoms with Crippen molar-refractivity contribution in [2.45, 2.75) is 12.5 Å². The number of carbonyl (C=O) groups is 2. The van der Waals surface area contributed by atoms with Crippen LogP contribution < -0.4 is 10.6 Å². The van der Waals surface area contributed by atoms with Gasteiger partial charge in [-0.2, -0.15) is 5.26 Å². The van der Waals surface area contributed by atoms with Crippen LogP contribution in [-0.2, 0) is 16.1 Å². The Morgan fingerprint density at radius 3 is 2.32 bits per heavy atom. The van der Waals surface area contributed by atoms with Crippen LogP contribution in [0.5, 0.6) is 0 Å². The molecule has 1 unspecified atom stereocenters. The fourth-order valence-corrected chi connectivity index (χ4v) is 3.23. The number of hydrogen-bond acceptors (Lipinski definition) is 4. The van der Waals surface area contributed by atoms with E-state index in [-0.39, 0.29) is 13.2 Å². The van der Waals surface area contributed by atoms with Crippen molar-refractivity contribution in [3.8, 4) is 6.07 Å². The van der Waals surface area contributed by atoms with Crippen LogP contribution in [0.3, 0.4) is 0 Å². The molecule has 3 rings (SSSR count). The molecule has 3 aromatic rings. The number of alkyl carbamates (subject to hydrolysis) is 1. The van der Waals surface area contributed by atoms with Crippen molar-refractivity contribution in [3.05, 3.63) is 101 Å². The van der Waals surface area contributed by atoms with Gasteiger partial charge in [0.25, 0.3) is 0 Å². The first-order chi connectivity index (χ1) is 15.1. The molecule has 2 N–H and O–H groups in total. The lowest BCUT2D eigenvalue weighted by Crippen LogP contribution is -2.33. The Morgan fingerprint density at radius 1 is 1.00 bits per heavy atom. The van der Waals surface area contributed by atoms with Crippen LogP contribution in [0, 0.1) is 11.3 Å². The van der Waals surface area contributed by atoms with Gasteiger partial charge in [0.15, 0.2) is 0 Å². The number of nitriles is 1. The van der Waals surface area contributed by atoms with E-state index in [2.05, 4.69) is 16.7 Å². The molecule has 0 spiro atoms. The molecule has 0 radical (unpaired) electrons. The molecule has 0 saturated heterocycles. The molecule has 0 aromatic heterocycles. The van der Waals surface area contributed by atoms with Crippen LogP contribution in [0.4, 0.5) is 10.5 Å². The number of hydrogen-bond donors (Lipinski definition) is 2. The molecule has 7 heteroatoms. The van der Waals surface area contributed by atoms with E-state index in [9.17, 15) is 14.9 Å². The fraction of sp³-hybridized carbons (Fsp3) is 0.125. The van der Waals surface area contributed by atoms with E-state index < -0.39 is 17.9 Å². The maximum Gasteiger partial charge on any atom is 0.407 e. The largest absolute Gasteiger partial charge is 0.445 e. The van der Waals surface area contributed by atoms with Crippen molar-refractivity contribution < 1.29 is 14.3 Å². The fourth-order valence-electron chi connectivity index (χ4n) is 2.94. The molecule has 31 heavy (non-hydrogen) atoms. The summed E-state index contributed by atoms with van der Waals surface area (Å²) in [6, 6.07) is 25.8. The van der Waals surface area contributed by atoms with Gasteiger partial charge in [-0.25, -0.2) is 4.79 Å². The topological polar surface area (TPSA) is 91.2 Å². The molecule has 2 amide bonds. The van der Waals surface area contributed by atoms with E-state index in [4.69, 9.17) is 16.3 Å². The van der Waals surface area contributed by atoms with E-state index in [1.165, 1.54) is 0 Å². The maximum absolute atomic E-state index is 12.1. The molecule has 0 aliphatic rings. The zero-order valence-electron chi connectivity index (χ0n) is 16.5. The van der Waals surface area contributed by atoms with Gasteiger partial charge >= 0.3 is 6.09 Å². The standard InChI is InChI=1S/C24H20ClN3O3/c25-22-13-19(11-12-20(22)21(14-26)18-9-5-2-6-10-18)28-23(29)15-27-24(30)31-16-17-7-3-1-4-8-17/h1-13,21H,15-16H2,(H,27,30)(H,28,29). The predicted octanol–water partition coefficient (Wildman–Crippen LogP) is 4.86. The zero-order valence-corrected chi connectivity index (χ0v) is 17.3. The van der Waals surface area contributed by atoms with Gasteiger partial charge in [-0.15, -0.1) is 0 Å². The number of anilines is 1. The summed E-state index contributed by atoms with van der Waals surface area (Å²) in [5, 5.41) is 15.0. The minimum atomic E-state index is -0.688. The third-order valence-electron chi connectivity index (χ3n) is 4.46. The molecule has 0 bridgehead atoms. The second kappa shape index (κ2) is 10.8. The molecule has 0 aliphatic carbocycles. The minimum Gasteiger partial charge on any atom is -0.445 e. The second-order valence-electron chi connectivity index (χ2n) is 6.67. The van der Waals surface area contributed by atoms with Crippen LogP contribution in [0.2, 0.25) is 5.02 Å². The highest BCUT2D eigenvalue weighted by molar-refractivity contribution is 6.31. The van der Waals surface area contributed by atoms with E-state index in [0.717, 1.165) is 11.1 Å². The van der Waals surface area contributed by atoms with Gasteiger partial charge in [0.2, 0.25) is 5.91 Å². The van der Waals surface area contributed by atoms with Gasteiger partial charge in [-0.1, -0.05) is 78.3 Å². The van der Waals surface area contributed by atoms with Crippen LogP contribution >= 0.6 is 11.6 Å². The highest BCUT2D eigenvalue weighted by atomic mass is 35.5. The highest BCUT2D eigenvalue weighted by Crippen LogP contribution is 2.31. The lowest BCUT2D eigenvalue weighted by molar-refractivity contribution is -0.115. The monoisotopic (exact) mass is 433 g/mol. The molecule has 156 valence electrons. The smallest absolute Gasteiger partial charge is 0.407 e. The van der Waals surface area contributed by atoms with Crippen LogP contribution in [0.15, 0.2) is 78.9 Å². The van der Waals surface area contributed by atoms with Gasteiger partial charge in [0.1, 0.15) is 13.2 Å². The zero-order chi connectivity index (χ0) is 22.1. The lowest BCUT2D eigenvalue weighted by Gasteiger charge is -2.14. The normalized spacial score (nSPS) is 11.1. The lowest BCUT2D eigenvalue weighted by atomic mass is 9.92. The van der Waals surface area contributed by atoms with E-state index >= 15 is 0 Å². The Kier molecular flexibility index (Phi) is 7.63. The number of carbonyl (C=O) groups excluding carboxylic acids is 2. The number of nitrogens with one attached hydrogen (secondary N) is 2. The molecule has 0 saturated carbocycles. The Balaban J connectivity index is 1.53. The van der Waals surface area contributed by atoms with Gasteiger partial charge in [-0.3, -0.25) is 4.79 Å². The molecular formula is C24H20ClN3O3. The first-order valence-electron chi connectivity index (χ1n) is 9.55. The Morgan fingerprint density at radius 2 is 1.68 bits per heavy atom. The summed E-state index contributed by atoms with van der Waals surface area (Å²) in [5.41, 5.74) is 2.80. The molecule has 1 atom stereocenters. The van der Waals surface area contributed by atoms with Crippen molar-refractivity contribution in [3.63, 3.8) is 0 Å². The van der Waals surface area contributed by atoms with Crippen LogP contribution in [0.1, 0.15) is 22.6 Å². The summed E-state index contributed by atoms with van der Waals surface area (Å²) in [7, 11) is 0. The average molecular weight is 434 g/mol. The minimum absolute atomic E-state index is 0.118. The summed E-state index contributed by atoms with van der Waals surface area (Å²) in [4.78, 5) is 23.9. The van der Waals surface area contributed by atoms with E-state index in [1.807, 2.05) is 60.7 Å². The average Bonchev–Trinajstić information content (AvgIpc) is 2.79. The summed E-state index contributed by atoms with van der Waals surface area (Å²) in [6.07, 6.45) is -0.688. The molecule has 0 fully saturated rings. The number of rotatable bonds is 7. The third kappa shape index (κ3) is 6.33. The SMILES string of the molecule is N#CC(c1ccccc1)c1ccc(NC(=O)CNC(=O)OCc2ccccc2)cc1Cl. The number of halogens is 1. The molecule has 3 aromatic carbocycles. The molecule has 0 aliphatic heterocycles. The van der Waals surface area contributed by atoms with Crippen molar-refractivity contribution in [1.82, 2.24) is 5.32 Å². The highest BCUT2D eigenvalue weighted by Gasteiger charge is 2.17. The Bertz CT molecular complexity index is 1080. The molecular weight excluding hydrogens is 414 g/mol. The summed E-state index contributed by atoms with van der Waals surface area (Å²) in [6.45, 7) is -0.134. The number of benzene rings is 3. The van der Waals surface area contributed by atoms with Crippen molar-refractivity contribution in [2.24, 2.45) is 0 Å². The number of amides is 2. The van der Waals surface area contributed by atoms with Crippen LogP contribution in [-0.4, -0.2) is 18.5 Å². The Hall–Kier alpha value is -3.82. The van der Waals surface area contributed by atoms with E-state index in [0.29, 0.717) is 16.3 Å². The number of nitrogens with zero attached hydrogens (tertiary/aromatic N) is 1. The predicted molar refractivity (Wildman–Crippen MR) is 119 cm³/mol. The van der Waals surface area contributed by atoms with E-state index in [1.54, 1.807) is 18.2 Å². The third-order valence-corrected chi connectivity index (χ3v) is 4.79. The summed E-state index contributed by atoms with van der Waals surface area (Å²) >= 11 is 6.37. The second-order valence-corrected chi connectivity index (χ2v) is 7.08. The first kappa shape index (κ1) is 21.9.